The van der Waals surface area contributed by atoms with Gasteiger partial charge in [0, 0.05) is 11.6 Å². The Morgan fingerprint density at radius 2 is 1.46 bits per heavy atom. The van der Waals surface area contributed by atoms with Gasteiger partial charge in [-0.05, 0) is 80.8 Å². The Hall–Kier alpha value is -1.71. The fraction of sp³-hybridized carbons (Fsp3) is 0.478. The van der Waals surface area contributed by atoms with Gasteiger partial charge in [-0.25, -0.2) is 4.39 Å². The van der Waals surface area contributed by atoms with Crippen molar-refractivity contribution < 1.29 is 4.39 Å². The van der Waals surface area contributed by atoms with Crippen molar-refractivity contribution in [1.82, 2.24) is 4.90 Å². The lowest BCUT2D eigenvalue weighted by atomic mass is 9.75. The molecule has 0 bridgehead atoms. The van der Waals surface area contributed by atoms with E-state index in [4.69, 9.17) is 5.73 Å². The summed E-state index contributed by atoms with van der Waals surface area (Å²) in [6, 6.07) is 18.4. The molecule has 0 amide bonds. The van der Waals surface area contributed by atoms with Crippen molar-refractivity contribution in [3.05, 3.63) is 71.5 Å². The van der Waals surface area contributed by atoms with Crippen LogP contribution in [0.25, 0.3) is 0 Å². The van der Waals surface area contributed by atoms with Gasteiger partial charge in [-0.3, -0.25) is 0 Å². The minimum Gasteiger partial charge on any atom is -0.321 e. The van der Waals surface area contributed by atoms with Gasteiger partial charge in [0.2, 0.25) is 0 Å². The molecule has 2 aromatic carbocycles. The van der Waals surface area contributed by atoms with Crippen LogP contribution in [0.2, 0.25) is 0 Å². The van der Waals surface area contributed by atoms with Crippen LogP contribution < -0.4 is 5.73 Å². The lowest BCUT2D eigenvalue weighted by Gasteiger charge is -2.44. The molecule has 2 aliphatic rings. The Morgan fingerprint density at radius 3 is 2.08 bits per heavy atom. The van der Waals surface area contributed by atoms with Crippen LogP contribution in [0.15, 0.2) is 54.6 Å². The molecule has 26 heavy (non-hydrogen) atoms. The van der Waals surface area contributed by atoms with E-state index in [1.165, 1.54) is 36.8 Å². The van der Waals surface area contributed by atoms with E-state index in [2.05, 4.69) is 35.2 Å². The Kier molecular flexibility index (Phi) is 5.10. The van der Waals surface area contributed by atoms with Crippen molar-refractivity contribution in [2.45, 2.75) is 56.0 Å². The second-order valence-electron chi connectivity index (χ2n) is 8.12. The molecule has 1 saturated carbocycles. The van der Waals surface area contributed by atoms with E-state index in [1.54, 1.807) is 12.1 Å². The normalized spacial score (nSPS) is 28.2. The first-order valence-electron chi connectivity index (χ1n) is 9.98. The quantitative estimate of drug-likeness (QED) is 0.859. The molecule has 1 saturated heterocycles. The summed E-state index contributed by atoms with van der Waals surface area (Å²) < 4.78 is 13.1. The predicted octanol–water partition coefficient (Wildman–Crippen LogP) is 4.80. The van der Waals surface area contributed by atoms with Crippen LogP contribution in [0.1, 0.15) is 55.6 Å². The topological polar surface area (TPSA) is 29.3 Å². The molecule has 2 nitrogen and oxygen atoms in total. The third-order valence-corrected chi connectivity index (χ3v) is 6.58. The lowest BCUT2D eigenvalue weighted by molar-refractivity contribution is 0.0987. The SMILES string of the molecule is N[C@]1(c2ccccc2)CC[C@H](N2CCC(c3ccc(F)cc3)CC2)CC1. The standard InChI is InChI=1S/C23H29FN2/c24-21-8-6-18(7-9-21)19-12-16-26(17-13-19)22-10-14-23(25,15-11-22)20-4-2-1-3-5-20/h1-9,19,22H,10-17,25H2/t22-,23+. The first-order chi connectivity index (χ1) is 12.6. The van der Waals surface area contributed by atoms with Crippen molar-refractivity contribution in [1.29, 1.82) is 0 Å². The van der Waals surface area contributed by atoms with Gasteiger partial charge in [0.25, 0.3) is 0 Å². The molecule has 1 aliphatic carbocycles. The van der Waals surface area contributed by atoms with E-state index >= 15 is 0 Å². The zero-order chi connectivity index (χ0) is 18.0. The number of nitrogens with zero attached hydrogens (tertiary/aromatic N) is 1. The van der Waals surface area contributed by atoms with Crippen molar-refractivity contribution >= 4 is 0 Å². The zero-order valence-corrected chi connectivity index (χ0v) is 15.4. The summed E-state index contributed by atoms with van der Waals surface area (Å²) >= 11 is 0. The van der Waals surface area contributed by atoms with Crippen LogP contribution in [-0.2, 0) is 5.54 Å². The summed E-state index contributed by atoms with van der Waals surface area (Å²) in [5.41, 5.74) is 9.16. The van der Waals surface area contributed by atoms with Crippen LogP contribution in [0.5, 0.6) is 0 Å². The van der Waals surface area contributed by atoms with Crippen molar-refractivity contribution in [3.63, 3.8) is 0 Å². The highest BCUT2D eigenvalue weighted by molar-refractivity contribution is 5.25. The Labute approximate surface area is 156 Å². The third-order valence-electron chi connectivity index (χ3n) is 6.58. The first-order valence-corrected chi connectivity index (χ1v) is 9.98. The fourth-order valence-corrected chi connectivity index (χ4v) is 4.87. The highest BCUT2D eigenvalue weighted by Gasteiger charge is 2.36. The van der Waals surface area contributed by atoms with Gasteiger partial charge in [0.1, 0.15) is 5.82 Å². The molecule has 0 aromatic heterocycles. The van der Waals surface area contributed by atoms with Crippen LogP contribution in [0.4, 0.5) is 4.39 Å². The van der Waals surface area contributed by atoms with Gasteiger partial charge in [-0.1, -0.05) is 42.5 Å². The minimum atomic E-state index is -0.149. The molecule has 0 radical (unpaired) electrons. The van der Waals surface area contributed by atoms with Gasteiger partial charge >= 0.3 is 0 Å². The number of piperidine rings is 1. The van der Waals surface area contributed by atoms with Crippen LogP contribution in [0, 0.1) is 5.82 Å². The molecule has 1 aliphatic heterocycles. The summed E-state index contributed by atoms with van der Waals surface area (Å²) in [5.74, 6) is 0.436. The number of hydrogen-bond acceptors (Lipinski definition) is 2. The highest BCUT2D eigenvalue weighted by atomic mass is 19.1. The van der Waals surface area contributed by atoms with Gasteiger partial charge in [0.05, 0.1) is 0 Å². The molecule has 4 rings (SSSR count). The number of nitrogens with two attached hydrogens (primary N) is 1. The Balaban J connectivity index is 1.31. The fourth-order valence-electron chi connectivity index (χ4n) is 4.87. The maximum atomic E-state index is 13.1. The Bertz CT molecular complexity index is 697. The lowest BCUT2D eigenvalue weighted by Crippen LogP contribution is -2.48. The molecular weight excluding hydrogens is 323 g/mol. The highest BCUT2D eigenvalue weighted by Crippen LogP contribution is 2.38. The van der Waals surface area contributed by atoms with Gasteiger partial charge in [-0.2, -0.15) is 0 Å². The average Bonchev–Trinajstić information content (AvgIpc) is 2.70. The molecule has 2 fully saturated rings. The smallest absolute Gasteiger partial charge is 0.123 e. The molecule has 0 unspecified atom stereocenters. The molecular formula is C23H29FN2. The monoisotopic (exact) mass is 352 g/mol. The van der Waals surface area contributed by atoms with E-state index in [0.29, 0.717) is 12.0 Å². The Morgan fingerprint density at radius 1 is 0.846 bits per heavy atom. The second-order valence-corrected chi connectivity index (χ2v) is 8.12. The van der Waals surface area contributed by atoms with Gasteiger partial charge in [-0.15, -0.1) is 0 Å². The zero-order valence-electron chi connectivity index (χ0n) is 15.4. The maximum absolute atomic E-state index is 13.1. The summed E-state index contributed by atoms with van der Waals surface area (Å²) in [6.45, 7) is 2.30. The summed E-state index contributed by atoms with van der Waals surface area (Å²) in [7, 11) is 0. The minimum absolute atomic E-state index is 0.142. The van der Waals surface area contributed by atoms with Crippen LogP contribution in [0.3, 0.4) is 0 Å². The van der Waals surface area contributed by atoms with Crippen molar-refractivity contribution in [2.24, 2.45) is 5.73 Å². The van der Waals surface area contributed by atoms with E-state index in [9.17, 15) is 4.39 Å². The molecule has 3 heteroatoms. The van der Waals surface area contributed by atoms with Crippen LogP contribution >= 0.6 is 0 Å². The molecule has 138 valence electrons. The number of rotatable bonds is 3. The van der Waals surface area contributed by atoms with Gasteiger partial charge < -0.3 is 10.6 Å². The van der Waals surface area contributed by atoms with E-state index in [1.807, 2.05) is 12.1 Å². The largest absolute Gasteiger partial charge is 0.321 e. The maximum Gasteiger partial charge on any atom is 0.123 e. The second kappa shape index (κ2) is 7.50. The number of hydrogen-bond donors (Lipinski definition) is 1. The van der Waals surface area contributed by atoms with E-state index in [-0.39, 0.29) is 11.4 Å². The summed E-state index contributed by atoms with van der Waals surface area (Å²) in [4.78, 5) is 2.67. The molecule has 1 heterocycles. The van der Waals surface area contributed by atoms with Gasteiger partial charge in [0.15, 0.2) is 0 Å². The molecule has 2 aromatic rings. The van der Waals surface area contributed by atoms with Crippen molar-refractivity contribution in [3.8, 4) is 0 Å². The number of likely N-dealkylation sites (tertiary alicyclic amines) is 1. The summed E-state index contributed by atoms with van der Waals surface area (Å²) in [5, 5.41) is 0. The number of benzene rings is 2. The van der Waals surface area contributed by atoms with Crippen LogP contribution in [-0.4, -0.2) is 24.0 Å². The van der Waals surface area contributed by atoms with Crippen molar-refractivity contribution in [2.75, 3.05) is 13.1 Å². The first kappa shape index (κ1) is 17.7. The van der Waals surface area contributed by atoms with E-state index < -0.39 is 0 Å². The predicted molar refractivity (Wildman–Crippen MR) is 105 cm³/mol. The number of halogens is 1. The molecule has 0 atom stereocenters. The third kappa shape index (κ3) is 3.70. The molecule has 2 N–H and O–H groups in total. The average molecular weight is 352 g/mol. The van der Waals surface area contributed by atoms with E-state index in [0.717, 1.165) is 25.9 Å². The molecule has 0 spiro atoms. The summed E-state index contributed by atoms with van der Waals surface area (Å²) in [6.07, 6.45) is 6.86.